The molecule has 2 rings (SSSR count). The molecule has 1 atom stereocenters. The molecule has 0 bridgehead atoms. The number of rotatable bonds is 4. The fourth-order valence-corrected chi connectivity index (χ4v) is 2.80. The first-order valence-electron chi connectivity index (χ1n) is 6.92. The number of hydrogen-bond acceptors (Lipinski definition) is 3. The van der Waals surface area contributed by atoms with E-state index in [9.17, 15) is 4.79 Å². The Kier molecular flexibility index (Phi) is 8.99. The minimum absolute atomic E-state index is 0. The number of halogens is 2. The number of amides is 1. The number of nitrogens with zero attached hydrogens (tertiary/aromatic N) is 1. The number of carbonyl (C=O) groups excluding carboxylic acids is 1. The quantitative estimate of drug-likeness (QED) is 0.825. The molecule has 0 radical (unpaired) electrons. The molecule has 0 aromatic rings. The topological polar surface area (TPSA) is 44.4 Å². The molecule has 2 saturated heterocycles. The first kappa shape index (κ1) is 19.0. The predicted octanol–water partition coefficient (Wildman–Crippen LogP) is 1.43. The summed E-state index contributed by atoms with van der Waals surface area (Å²) in [6.07, 6.45) is 4.75. The highest BCUT2D eigenvalue weighted by molar-refractivity contribution is 5.85. The van der Waals surface area contributed by atoms with E-state index < -0.39 is 0 Å². The Balaban J connectivity index is 0.00000162. The summed E-state index contributed by atoms with van der Waals surface area (Å²) in [5, 5.41) is 6.42. The van der Waals surface area contributed by atoms with Crippen molar-refractivity contribution in [3.05, 3.63) is 0 Å². The van der Waals surface area contributed by atoms with E-state index in [0.29, 0.717) is 0 Å². The van der Waals surface area contributed by atoms with Crippen molar-refractivity contribution in [1.29, 1.82) is 0 Å². The van der Waals surface area contributed by atoms with Crippen LogP contribution >= 0.6 is 24.8 Å². The maximum absolute atomic E-state index is 12.1. The van der Waals surface area contributed by atoms with Crippen molar-refractivity contribution in [3.63, 3.8) is 0 Å². The number of hydrogen-bond donors (Lipinski definition) is 2. The predicted molar refractivity (Wildman–Crippen MR) is 83.4 cm³/mol. The van der Waals surface area contributed by atoms with E-state index in [0.717, 1.165) is 39.0 Å². The maximum Gasteiger partial charge on any atom is 0.227 e. The third-order valence-corrected chi connectivity index (χ3v) is 4.06. The fraction of sp³-hybridized carbons (Fsp3) is 0.923. The molecule has 114 valence electrons. The third-order valence-electron chi connectivity index (χ3n) is 4.06. The van der Waals surface area contributed by atoms with Crippen LogP contribution in [0.2, 0.25) is 0 Å². The molecule has 0 aliphatic carbocycles. The van der Waals surface area contributed by atoms with E-state index in [1.54, 1.807) is 0 Å². The highest BCUT2D eigenvalue weighted by Crippen LogP contribution is 2.25. The monoisotopic (exact) mass is 311 g/mol. The van der Waals surface area contributed by atoms with Crippen molar-refractivity contribution < 1.29 is 4.79 Å². The van der Waals surface area contributed by atoms with E-state index in [-0.39, 0.29) is 36.1 Å². The second-order valence-corrected chi connectivity index (χ2v) is 5.65. The standard InChI is InChI=1S/C13H25N3O.2ClH/c1-13(5-4-6-14-11-13)12(17)15-7-10-16-8-2-3-9-16;;/h14H,2-11H2,1H3,(H,15,17);2*1H. The molecule has 4 nitrogen and oxygen atoms in total. The van der Waals surface area contributed by atoms with Crippen molar-refractivity contribution in [3.8, 4) is 0 Å². The van der Waals surface area contributed by atoms with Crippen LogP contribution in [0, 0.1) is 5.41 Å². The Morgan fingerprint density at radius 1 is 1.26 bits per heavy atom. The zero-order valence-electron chi connectivity index (χ0n) is 11.7. The van der Waals surface area contributed by atoms with Crippen LogP contribution in [0.5, 0.6) is 0 Å². The van der Waals surface area contributed by atoms with Gasteiger partial charge >= 0.3 is 0 Å². The summed E-state index contributed by atoms with van der Waals surface area (Å²) in [7, 11) is 0. The highest BCUT2D eigenvalue weighted by Gasteiger charge is 2.34. The highest BCUT2D eigenvalue weighted by atomic mass is 35.5. The lowest BCUT2D eigenvalue weighted by Gasteiger charge is -2.32. The van der Waals surface area contributed by atoms with Crippen LogP contribution in [0.4, 0.5) is 0 Å². The van der Waals surface area contributed by atoms with E-state index >= 15 is 0 Å². The Morgan fingerprint density at radius 3 is 2.53 bits per heavy atom. The lowest BCUT2D eigenvalue weighted by Crippen LogP contribution is -2.49. The number of nitrogens with one attached hydrogen (secondary N) is 2. The zero-order valence-corrected chi connectivity index (χ0v) is 13.4. The first-order chi connectivity index (χ1) is 8.21. The van der Waals surface area contributed by atoms with Crippen LogP contribution in [0.3, 0.4) is 0 Å². The summed E-state index contributed by atoms with van der Waals surface area (Å²) in [6.45, 7) is 8.16. The van der Waals surface area contributed by atoms with Crippen molar-refractivity contribution in [2.75, 3.05) is 39.3 Å². The average Bonchev–Trinajstić information content (AvgIpc) is 2.83. The van der Waals surface area contributed by atoms with Crippen LogP contribution < -0.4 is 10.6 Å². The molecule has 1 unspecified atom stereocenters. The van der Waals surface area contributed by atoms with Gasteiger partial charge in [-0.2, -0.15) is 0 Å². The summed E-state index contributed by atoms with van der Waals surface area (Å²) in [4.78, 5) is 14.6. The van der Waals surface area contributed by atoms with Crippen molar-refractivity contribution in [1.82, 2.24) is 15.5 Å². The number of likely N-dealkylation sites (tertiary alicyclic amines) is 1. The molecule has 2 heterocycles. The van der Waals surface area contributed by atoms with Gasteiger partial charge in [0.05, 0.1) is 5.41 Å². The normalized spacial score (nSPS) is 27.2. The van der Waals surface area contributed by atoms with Gasteiger partial charge < -0.3 is 15.5 Å². The third kappa shape index (κ3) is 5.46. The summed E-state index contributed by atoms with van der Waals surface area (Å²) >= 11 is 0. The van der Waals surface area contributed by atoms with E-state index in [2.05, 4.69) is 22.5 Å². The van der Waals surface area contributed by atoms with Crippen molar-refractivity contribution in [2.24, 2.45) is 5.41 Å². The van der Waals surface area contributed by atoms with Crippen LogP contribution in [0.25, 0.3) is 0 Å². The van der Waals surface area contributed by atoms with Crippen LogP contribution in [0.1, 0.15) is 32.6 Å². The molecule has 1 amide bonds. The molecule has 0 aromatic carbocycles. The Hall–Kier alpha value is -0.0300. The first-order valence-corrected chi connectivity index (χ1v) is 6.92. The van der Waals surface area contributed by atoms with Gasteiger partial charge in [-0.05, 0) is 52.2 Å². The summed E-state index contributed by atoms with van der Waals surface area (Å²) < 4.78 is 0. The van der Waals surface area contributed by atoms with Crippen LogP contribution in [-0.2, 0) is 4.79 Å². The van der Waals surface area contributed by atoms with Crippen LogP contribution in [0.15, 0.2) is 0 Å². The average molecular weight is 312 g/mol. The number of piperidine rings is 1. The van der Waals surface area contributed by atoms with E-state index in [1.807, 2.05) is 0 Å². The van der Waals surface area contributed by atoms with Gasteiger partial charge in [0.1, 0.15) is 0 Å². The van der Waals surface area contributed by atoms with E-state index in [4.69, 9.17) is 0 Å². The Morgan fingerprint density at radius 2 is 1.95 bits per heavy atom. The number of carbonyl (C=O) groups is 1. The van der Waals surface area contributed by atoms with Gasteiger partial charge in [-0.15, -0.1) is 24.8 Å². The molecule has 2 aliphatic rings. The SMILES string of the molecule is CC1(C(=O)NCCN2CCCC2)CCCNC1.Cl.Cl. The lowest BCUT2D eigenvalue weighted by atomic mass is 9.82. The lowest BCUT2D eigenvalue weighted by molar-refractivity contribution is -0.131. The molecule has 6 heteroatoms. The van der Waals surface area contributed by atoms with E-state index in [1.165, 1.54) is 25.9 Å². The second kappa shape index (κ2) is 9.01. The summed E-state index contributed by atoms with van der Waals surface area (Å²) in [5.74, 6) is 0.226. The smallest absolute Gasteiger partial charge is 0.227 e. The maximum atomic E-state index is 12.1. The molecular weight excluding hydrogens is 285 g/mol. The van der Waals surface area contributed by atoms with Gasteiger partial charge in [-0.3, -0.25) is 4.79 Å². The molecule has 2 fully saturated rings. The van der Waals surface area contributed by atoms with Crippen LogP contribution in [-0.4, -0.2) is 50.1 Å². The largest absolute Gasteiger partial charge is 0.354 e. The minimum atomic E-state index is -0.191. The molecule has 0 saturated carbocycles. The molecule has 0 aromatic heterocycles. The van der Waals surface area contributed by atoms with Crippen molar-refractivity contribution >= 4 is 30.7 Å². The fourth-order valence-electron chi connectivity index (χ4n) is 2.80. The second-order valence-electron chi connectivity index (χ2n) is 5.65. The van der Waals surface area contributed by atoms with Gasteiger partial charge in [0, 0.05) is 19.6 Å². The Labute approximate surface area is 128 Å². The molecule has 2 aliphatic heterocycles. The van der Waals surface area contributed by atoms with Gasteiger partial charge in [-0.25, -0.2) is 0 Å². The molecular formula is C13H27Cl2N3O. The zero-order chi connectivity index (χ0) is 12.1. The molecule has 0 spiro atoms. The van der Waals surface area contributed by atoms with Gasteiger partial charge in [0.25, 0.3) is 0 Å². The Bertz CT molecular complexity index is 265. The summed E-state index contributed by atoms with van der Waals surface area (Å²) in [6, 6.07) is 0. The van der Waals surface area contributed by atoms with Gasteiger partial charge in [0.2, 0.25) is 5.91 Å². The summed E-state index contributed by atoms with van der Waals surface area (Å²) in [5.41, 5.74) is -0.191. The van der Waals surface area contributed by atoms with Gasteiger partial charge in [0.15, 0.2) is 0 Å². The minimum Gasteiger partial charge on any atom is -0.354 e. The van der Waals surface area contributed by atoms with Gasteiger partial charge in [-0.1, -0.05) is 0 Å². The van der Waals surface area contributed by atoms with Crippen molar-refractivity contribution in [2.45, 2.75) is 32.6 Å². The molecule has 2 N–H and O–H groups in total. The molecule has 19 heavy (non-hydrogen) atoms.